The molecule has 0 bridgehead atoms. The van der Waals surface area contributed by atoms with Gasteiger partial charge in [0.25, 0.3) is 0 Å². The maximum absolute atomic E-state index is 12.2. The van der Waals surface area contributed by atoms with Gasteiger partial charge in [0.2, 0.25) is 5.91 Å². The number of unbranched alkanes of at least 4 members (excludes halogenated alkanes) is 17. The molecule has 0 aliphatic rings. The van der Waals surface area contributed by atoms with E-state index in [0.29, 0.717) is 13.0 Å². The van der Waals surface area contributed by atoms with Gasteiger partial charge in [0.15, 0.2) is 0 Å². The van der Waals surface area contributed by atoms with E-state index in [2.05, 4.69) is 16.8 Å². The molecule has 0 aliphatic heterocycles. The van der Waals surface area contributed by atoms with Gasteiger partial charge in [-0.3, -0.25) is 9.59 Å². The van der Waals surface area contributed by atoms with Crippen LogP contribution < -0.4 is 74.2 Å². The number of amides is 1. The number of hydrogen-bond donors (Lipinski definition) is 1. The summed E-state index contributed by atoms with van der Waals surface area (Å²) < 4.78 is 31.3. The molecular formula is C30H58NNa2O9P. The molecule has 0 heterocycles. The topological polar surface area (TPSA) is 146 Å². The Kier molecular flexibility index (Phi) is 40.3. The Labute approximate surface area is 306 Å². The molecule has 0 rings (SSSR count). The minimum Gasteiger partial charge on any atom is -0.790 e. The van der Waals surface area contributed by atoms with Gasteiger partial charge in [0.1, 0.15) is 12.9 Å². The molecular weight excluding hydrogens is 595 g/mol. The van der Waals surface area contributed by atoms with E-state index >= 15 is 0 Å². The van der Waals surface area contributed by atoms with Crippen LogP contribution in [0, 0.1) is 0 Å². The van der Waals surface area contributed by atoms with Crippen LogP contribution >= 0.6 is 7.82 Å². The van der Waals surface area contributed by atoms with Gasteiger partial charge in [-0.25, -0.2) is 0 Å². The maximum atomic E-state index is 12.2. The van der Waals surface area contributed by atoms with Crippen LogP contribution in [0.2, 0.25) is 0 Å². The number of phosphoric acid groups is 1. The summed E-state index contributed by atoms with van der Waals surface area (Å²) in [7, 11) is -5.17. The first kappa shape index (κ1) is 48.4. The van der Waals surface area contributed by atoms with E-state index in [1.54, 1.807) is 6.92 Å². The predicted octanol–water partition coefficient (Wildman–Crippen LogP) is -0.300. The molecule has 0 saturated heterocycles. The van der Waals surface area contributed by atoms with Crippen molar-refractivity contribution in [2.45, 2.75) is 148 Å². The molecule has 0 spiro atoms. The second-order valence-electron chi connectivity index (χ2n) is 10.8. The van der Waals surface area contributed by atoms with Crippen molar-refractivity contribution in [3.8, 4) is 0 Å². The summed E-state index contributed by atoms with van der Waals surface area (Å²) in [5, 5.41) is 2.82. The van der Waals surface area contributed by atoms with Crippen molar-refractivity contribution in [1.29, 1.82) is 0 Å². The Morgan fingerprint density at radius 1 is 0.698 bits per heavy atom. The number of hydrogen-bond acceptors (Lipinski definition) is 9. The molecule has 0 aromatic carbocycles. The largest absolute Gasteiger partial charge is 1.00 e. The zero-order valence-corrected chi connectivity index (χ0v) is 32.8. The Morgan fingerprint density at radius 3 is 1.70 bits per heavy atom. The molecule has 0 saturated carbocycles. The SMILES string of the molecule is CCCCCCCCCCC(=O)O[C@H](COCOCCCCCCCCCCCCCNC(C)=O)COP(=O)([O-])[O-].[Na+].[Na+]. The van der Waals surface area contributed by atoms with E-state index in [9.17, 15) is 23.9 Å². The molecule has 0 fully saturated rings. The predicted molar refractivity (Wildman–Crippen MR) is 157 cm³/mol. The van der Waals surface area contributed by atoms with E-state index < -0.39 is 26.5 Å². The molecule has 0 unspecified atom stereocenters. The van der Waals surface area contributed by atoms with Gasteiger partial charge in [0, 0.05) is 26.5 Å². The summed E-state index contributed by atoms with van der Waals surface area (Å²) in [4.78, 5) is 44.6. The third kappa shape index (κ3) is 40.9. The minimum absolute atomic E-state index is 0. The number of rotatable bonds is 31. The van der Waals surface area contributed by atoms with E-state index in [0.717, 1.165) is 45.1 Å². The second-order valence-corrected chi connectivity index (χ2v) is 12.0. The fraction of sp³-hybridized carbons (Fsp3) is 0.933. The Morgan fingerprint density at radius 2 is 1.19 bits per heavy atom. The first-order chi connectivity index (χ1) is 19.7. The average molecular weight is 654 g/mol. The molecule has 1 atom stereocenters. The van der Waals surface area contributed by atoms with Crippen LogP contribution in [0.3, 0.4) is 0 Å². The van der Waals surface area contributed by atoms with Gasteiger partial charge in [-0.05, 0) is 19.3 Å². The number of nitrogens with one attached hydrogen (secondary N) is 1. The monoisotopic (exact) mass is 653 g/mol. The smallest absolute Gasteiger partial charge is 0.790 e. The van der Waals surface area contributed by atoms with Crippen LogP contribution in [0.25, 0.3) is 0 Å². The van der Waals surface area contributed by atoms with Crippen LogP contribution in [-0.2, 0) is 32.9 Å². The van der Waals surface area contributed by atoms with Crippen LogP contribution in [-0.4, -0.2) is 51.1 Å². The summed E-state index contributed by atoms with van der Waals surface area (Å²) >= 11 is 0. The van der Waals surface area contributed by atoms with Crippen LogP contribution in [0.15, 0.2) is 0 Å². The summed E-state index contributed by atoms with van der Waals surface area (Å²) in [6.07, 6.45) is 20.9. The van der Waals surface area contributed by atoms with Crippen LogP contribution in [0.1, 0.15) is 142 Å². The van der Waals surface area contributed by atoms with Gasteiger partial charge in [-0.15, -0.1) is 0 Å². The zero-order chi connectivity index (χ0) is 30.4. The molecule has 43 heavy (non-hydrogen) atoms. The summed E-state index contributed by atoms with van der Waals surface area (Å²) in [6, 6.07) is 0. The van der Waals surface area contributed by atoms with Crippen molar-refractivity contribution in [1.82, 2.24) is 5.32 Å². The second kappa shape index (κ2) is 35.8. The summed E-state index contributed by atoms with van der Waals surface area (Å²) in [5.41, 5.74) is 0. The van der Waals surface area contributed by atoms with E-state index in [-0.39, 0.29) is 84.8 Å². The molecule has 0 aromatic heterocycles. The van der Waals surface area contributed by atoms with Crippen molar-refractivity contribution in [3.05, 3.63) is 0 Å². The Hall–Kier alpha value is 0.970. The van der Waals surface area contributed by atoms with Crippen molar-refractivity contribution in [2.24, 2.45) is 0 Å². The number of ether oxygens (including phenoxy) is 3. The maximum Gasteiger partial charge on any atom is 1.00 e. The Balaban J connectivity index is -0.00000800. The van der Waals surface area contributed by atoms with E-state index in [1.165, 1.54) is 77.0 Å². The first-order valence-corrected chi connectivity index (χ1v) is 17.5. The molecule has 1 amide bonds. The van der Waals surface area contributed by atoms with Gasteiger partial charge >= 0.3 is 65.1 Å². The normalized spacial score (nSPS) is 11.8. The summed E-state index contributed by atoms with van der Waals surface area (Å²) in [6.45, 7) is 4.38. The van der Waals surface area contributed by atoms with E-state index in [4.69, 9.17) is 14.2 Å². The van der Waals surface area contributed by atoms with Crippen molar-refractivity contribution in [3.63, 3.8) is 0 Å². The number of phosphoric ester groups is 1. The molecule has 0 radical (unpaired) electrons. The third-order valence-corrected chi connectivity index (χ3v) is 7.23. The Bertz CT molecular complexity index is 672. The standard InChI is InChI=1S/C30H60NO9P.2Na/c1-3-4-5-6-7-13-16-19-22-30(33)40-29(26-39-41(34,35)36)25-38-27-37-24-21-18-15-12-10-8-9-11-14-17-20-23-31-28(2)32;;/h29H,3-27H2,1-2H3,(H,31,32)(H2,34,35,36);;/q;2*+1/p-2/t29-;;/m1../s1. The third-order valence-electron chi connectivity index (χ3n) is 6.76. The first-order valence-electron chi connectivity index (χ1n) is 16.0. The van der Waals surface area contributed by atoms with Crippen molar-refractivity contribution in [2.75, 3.05) is 33.2 Å². The van der Waals surface area contributed by atoms with Crippen molar-refractivity contribution < 1.29 is 102 Å². The van der Waals surface area contributed by atoms with Crippen LogP contribution in [0.4, 0.5) is 0 Å². The van der Waals surface area contributed by atoms with Gasteiger partial charge < -0.3 is 38.4 Å². The average Bonchev–Trinajstić information content (AvgIpc) is 2.91. The van der Waals surface area contributed by atoms with Crippen LogP contribution in [0.5, 0.6) is 0 Å². The molecule has 244 valence electrons. The number of esters is 1. The van der Waals surface area contributed by atoms with Gasteiger partial charge in [0.05, 0.1) is 21.0 Å². The molecule has 1 N–H and O–H groups in total. The summed E-state index contributed by atoms with van der Waals surface area (Å²) in [5.74, 6) is -0.415. The van der Waals surface area contributed by atoms with Gasteiger partial charge in [-0.2, -0.15) is 0 Å². The molecule has 13 heteroatoms. The molecule has 0 aliphatic carbocycles. The fourth-order valence-electron chi connectivity index (χ4n) is 4.42. The fourth-order valence-corrected chi connectivity index (χ4v) is 4.77. The van der Waals surface area contributed by atoms with E-state index in [1.807, 2.05) is 0 Å². The number of carbonyl (C=O) groups is 2. The van der Waals surface area contributed by atoms with Crippen molar-refractivity contribution >= 4 is 19.7 Å². The van der Waals surface area contributed by atoms with Gasteiger partial charge in [-0.1, -0.05) is 110 Å². The molecule has 0 aromatic rings. The number of carbonyl (C=O) groups excluding carboxylic acids is 2. The quantitative estimate of drug-likeness (QED) is 0.0351. The zero-order valence-electron chi connectivity index (χ0n) is 27.9. The minimum atomic E-state index is -5.17. The molecule has 10 nitrogen and oxygen atoms in total.